The Balaban J connectivity index is 0.000000102. The fourth-order valence-electron chi connectivity index (χ4n) is 18.1. The van der Waals surface area contributed by atoms with Gasteiger partial charge in [-0.25, -0.2) is 4.21 Å². The number of aromatic nitrogens is 4. The number of benzene rings is 12. The highest BCUT2D eigenvalue weighted by atomic mass is 127. The first-order chi connectivity index (χ1) is 63.6. The quantitative estimate of drug-likeness (QED) is 0.0277. The number of ketones is 4. The van der Waals surface area contributed by atoms with Crippen LogP contribution in [0.15, 0.2) is 334 Å². The highest BCUT2D eigenvalue weighted by Gasteiger charge is 2.39. The summed E-state index contributed by atoms with van der Waals surface area (Å²) in [6.45, 7) is 0. The number of hydrogen-bond donors (Lipinski definition) is 11. The van der Waals surface area contributed by atoms with Crippen LogP contribution in [0.4, 0.5) is 34.1 Å². The van der Waals surface area contributed by atoms with Gasteiger partial charge in [0, 0.05) is 144 Å². The monoisotopic (exact) mass is 2050 g/mol. The second-order valence-corrected chi connectivity index (χ2v) is 36.5. The number of allylic oxidation sites excluding steroid dienone is 8. The number of aromatic amines is 4. The smallest absolute Gasteiger partial charge is 0.212 e. The number of nitroso groups, excluding NO2 is 4. The predicted molar refractivity (Wildman–Crippen MR) is 528 cm³/mol. The van der Waals surface area contributed by atoms with E-state index in [2.05, 4.69) is 122 Å². The van der Waals surface area contributed by atoms with Crippen LogP contribution in [0.2, 0.25) is 0 Å². The number of aliphatic hydroxyl groups excluding tert-OH is 4. The predicted octanol–water partition coefficient (Wildman–Crippen LogP) is 25.9. The fourth-order valence-corrected chi connectivity index (χ4v) is 20.1. The SMILES string of the molecule is O=C1Cc2ccc(Br)cc2/C1=C1\Nc2ccc(Br)cc2C1=O.O=C1Cc2ccccc2/C1=C1/Nc2ccccc2C1=O.O=Nc1c(C2=C(O)Cc3cc(Br)ccc32)[nH]c2ccccc12.O=Nc1c(C2=C(O)Cc3ccc(I)cc32)[nH]c2ccccc12.O=Nc1c(C2=C(O)Cc3ccc(S(=O)O)cc32)[nH]c2ccccc12.O=Nc1c(C2=C(O)Cc3ccccc32)[nH]c2ccccc12. The van der Waals surface area contributed by atoms with Gasteiger partial charge in [0.2, 0.25) is 11.6 Å². The molecule has 29 heteroatoms. The van der Waals surface area contributed by atoms with Gasteiger partial charge < -0.3 is 55.5 Å². The van der Waals surface area contributed by atoms with Crippen LogP contribution in [0.1, 0.15) is 110 Å². The number of Topliss-reactive ketones (excluding diaryl/α,β-unsaturated/α-hetero) is 4. The third kappa shape index (κ3) is 15.7. The standard InChI is InChI=1S/C17H9Br2NO2.C17H11BrN2O2.C17H11IN2O2.C17H12N2O4S.C17H12N2O2.C17H11NO2/c18-9-2-1-8-5-14(21)15(11(8)6-9)16-17(22)12-7-10(19)3-4-13(12)20-16;18-10-5-6-11-9(7-10)8-14(21)15(11)17-16(20-22)12-3-1-2-4-13(12)19-17;18-10-6-5-9-7-14(21)15(12(9)8-10)17-16(20-22)11-3-1-2-4-13(11)19-17;20-14-7-9-5-6-10(24(22)23)8-12(9)15(14)17-16(19-21)11-3-1-2-4-13(11)18-17;20-14-9-10-5-1-2-6-11(10)15(14)17-16(19-21)12-7-3-4-8-13(12)18-17;19-14-9-10-5-1-2-6-11(10)15(14)16-17(20)12-7-3-4-8-13(12)18-16/h1-4,6-7,20H,5H2;1-7,19,21H,8H2;1-6,8,19,21H,7H2;1-6,8,18,20H,7H2,(H,22,23);1-8,18,20H,9H2;1-8,18H,9H2/b16-15+;;;;;16-15-. The maximum absolute atomic E-state index is 12.7. The lowest BCUT2D eigenvalue weighted by molar-refractivity contribution is -0.113. The molecular formula is C102H66Br3IN10O14S. The van der Waals surface area contributed by atoms with Crippen molar-refractivity contribution in [1.82, 2.24) is 19.9 Å². The van der Waals surface area contributed by atoms with Gasteiger partial charge in [-0.2, -0.15) is 0 Å². The topological polar surface area (TPSA) is 391 Å². The van der Waals surface area contributed by atoms with E-state index in [-0.39, 0.29) is 56.8 Å². The van der Waals surface area contributed by atoms with Gasteiger partial charge in [0.25, 0.3) is 0 Å². The van der Waals surface area contributed by atoms with Crippen molar-refractivity contribution in [2.75, 3.05) is 10.6 Å². The first kappa shape index (κ1) is 85.8. The molecule has 16 aromatic rings. The summed E-state index contributed by atoms with van der Waals surface area (Å²) in [5.74, 6) is 0.659. The van der Waals surface area contributed by atoms with E-state index in [1.54, 1.807) is 42.5 Å². The van der Waals surface area contributed by atoms with Crippen LogP contribution >= 0.6 is 70.4 Å². The van der Waals surface area contributed by atoms with Gasteiger partial charge in [-0.15, -0.1) is 19.6 Å². The Morgan fingerprint density at radius 3 is 1.10 bits per heavy atom. The van der Waals surface area contributed by atoms with Crippen molar-refractivity contribution in [3.05, 3.63) is 433 Å². The van der Waals surface area contributed by atoms with Crippen LogP contribution in [-0.4, -0.2) is 72.3 Å². The minimum absolute atomic E-state index is 0.00913. The molecule has 1 unspecified atom stereocenters. The molecule has 24 rings (SSSR count). The van der Waals surface area contributed by atoms with E-state index in [0.717, 1.165) is 128 Å². The van der Waals surface area contributed by atoms with Gasteiger partial charge in [0.1, 0.15) is 45.8 Å². The Kier molecular flexibility index (Phi) is 23.2. The second-order valence-electron chi connectivity index (χ2n) is 31.6. The van der Waals surface area contributed by atoms with Gasteiger partial charge in [-0.1, -0.05) is 206 Å². The largest absolute Gasteiger partial charge is 0.511 e. The average Bonchev–Trinajstić information content (AvgIpc) is 1.63. The Morgan fingerprint density at radius 2 is 0.626 bits per heavy atom. The van der Waals surface area contributed by atoms with E-state index in [4.69, 9.17) is 0 Å². The van der Waals surface area contributed by atoms with Gasteiger partial charge >= 0.3 is 0 Å². The first-order valence-electron chi connectivity index (χ1n) is 40.9. The van der Waals surface area contributed by atoms with Crippen LogP contribution in [0.5, 0.6) is 0 Å². The van der Waals surface area contributed by atoms with E-state index in [1.807, 2.05) is 218 Å². The highest BCUT2D eigenvalue weighted by molar-refractivity contribution is 14.1. The molecule has 0 amide bonds. The van der Waals surface area contributed by atoms with Crippen molar-refractivity contribution in [3.63, 3.8) is 0 Å². The molecule has 0 saturated carbocycles. The summed E-state index contributed by atoms with van der Waals surface area (Å²) in [4.78, 5) is 108. The molecule has 11 N–H and O–H groups in total. The lowest BCUT2D eigenvalue weighted by Crippen LogP contribution is -2.08. The fraction of sp³-hybridized carbons (Fsp3) is 0.0588. The summed E-state index contributed by atoms with van der Waals surface area (Å²) >= 11 is 10.4. The number of para-hydroxylation sites is 5. The lowest BCUT2D eigenvalue weighted by Gasteiger charge is -2.06. The van der Waals surface area contributed by atoms with E-state index >= 15 is 0 Å². The van der Waals surface area contributed by atoms with Crippen LogP contribution < -0.4 is 10.6 Å². The number of nitrogens with zero attached hydrogens (tertiary/aromatic N) is 4. The molecule has 131 heavy (non-hydrogen) atoms. The van der Waals surface area contributed by atoms with Gasteiger partial charge in [0.15, 0.2) is 22.6 Å². The molecule has 0 spiro atoms. The van der Waals surface area contributed by atoms with Gasteiger partial charge in [0.05, 0.1) is 50.2 Å². The van der Waals surface area contributed by atoms with Crippen molar-refractivity contribution < 1.29 is 48.4 Å². The third-order valence-corrected chi connectivity index (χ3v) is 26.7. The van der Waals surface area contributed by atoms with Crippen LogP contribution in [0.3, 0.4) is 0 Å². The minimum atomic E-state index is -2.13. The highest BCUT2D eigenvalue weighted by Crippen LogP contribution is 2.50. The van der Waals surface area contributed by atoms with Gasteiger partial charge in [-0.05, 0) is 213 Å². The molecule has 6 heterocycles. The van der Waals surface area contributed by atoms with Crippen LogP contribution in [0, 0.1) is 23.2 Å². The zero-order chi connectivity index (χ0) is 90.9. The van der Waals surface area contributed by atoms with Crippen LogP contribution in [-0.2, 0) is 59.2 Å². The molecule has 1 atom stereocenters. The Hall–Kier alpha value is -14.6. The molecule has 0 radical (unpaired) electrons. The molecule has 8 aliphatic rings. The summed E-state index contributed by atoms with van der Waals surface area (Å²) in [7, 11) is 0. The second kappa shape index (κ2) is 35.5. The summed E-state index contributed by atoms with van der Waals surface area (Å²) in [5.41, 5.74) is 24.8. The molecule has 24 nitrogen and oxygen atoms in total. The number of rotatable bonds is 9. The number of H-pyrrole nitrogens is 4. The first-order valence-corrected chi connectivity index (χ1v) is 45.4. The number of halogens is 4. The number of fused-ring (bicyclic) bond motifs is 12. The minimum Gasteiger partial charge on any atom is -0.511 e. The number of hydrogen-bond acceptors (Lipinski definition) is 19. The number of nitrogens with one attached hydrogen (secondary N) is 6. The Labute approximate surface area is 784 Å². The van der Waals surface area contributed by atoms with E-state index in [0.29, 0.717) is 145 Å². The number of carbonyl (C=O) groups is 4. The lowest BCUT2D eigenvalue weighted by atomic mass is 10.0. The number of anilines is 2. The number of carbonyl (C=O) groups excluding carboxylic acids is 4. The zero-order valence-electron chi connectivity index (χ0n) is 68.2. The van der Waals surface area contributed by atoms with Crippen molar-refractivity contribution in [1.29, 1.82) is 0 Å². The maximum Gasteiger partial charge on any atom is 0.212 e. The third-order valence-electron chi connectivity index (χ3n) is 23.9. The normalized spacial score (nSPS) is 15.8. The van der Waals surface area contributed by atoms with Gasteiger partial charge in [-0.3, -0.25) is 19.2 Å². The van der Waals surface area contributed by atoms with E-state index in [1.165, 1.54) is 0 Å². The molecule has 2 aliphatic heterocycles. The molecule has 0 bridgehead atoms. The van der Waals surface area contributed by atoms with Crippen LogP contribution in [0.25, 0.3) is 77.1 Å². The molecule has 12 aromatic carbocycles. The molecular weight excluding hydrogens is 1990 g/mol. The van der Waals surface area contributed by atoms with E-state index in [9.17, 15) is 68.0 Å². The molecule has 642 valence electrons. The summed E-state index contributed by atoms with van der Waals surface area (Å²) in [5, 5.41) is 63.5. The molecule has 0 fully saturated rings. The summed E-state index contributed by atoms with van der Waals surface area (Å²) < 4.78 is 24.4. The molecule has 6 aliphatic carbocycles. The summed E-state index contributed by atoms with van der Waals surface area (Å²) in [6.07, 6.45) is 2.44. The average molecular weight is 2050 g/mol. The van der Waals surface area contributed by atoms with Crippen molar-refractivity contribution >= 4 is 216 Å². The van der Waals surface area contributed by atoms with Crippen molar-refractivity contribution in [2.45, 2.75) is 43.4 Å². The number of aliphatic hydroxyl groups is 4. The molecule has 4 aromatic heterocycles. The zero-order valence-corrected chi connectivity index (χ0v) is 75.9. The Morgan fingerprint density at radius 1 is 0.305 bits per heavy atom. The maximum atomic E-state index is 12.7. The Bertz CT molecular complexity index is 7960. The van der Waals surface area contributed by atoms with E-state index < -0.39 is 11.1 Å². The summed E-state index contributed by atoms with van der Waals surface area (Å²) in [6, 6.07) is 80.5. The molecule has 0 saturated heterocycles. The van der Waals surface area contributed by atoms with Crippen molar-refractivity contribution in [3.8, 4) is 0 Å². The van der Waals surface area contributed by atoms with Crippen molar-refractivity contribution in [2.24, 2.45) is 20.7 Å².